The van der Waals surface area contributed by atoms with E-state index in [1.165, 1.54) is 0 Å². The summed E-state index contributed by atoms with van der Waals surface area (Å²) in [5.41, 5.74) is -0.0935. The molecule has 0 saturated carbocycles. The van der Waals surface area contributed by atoms with Crippen molar-refractivity contribution in [2.75, 3.05) is 24.3 Å². The molecular formula is C16H24N4O. The van der Waals surface area contributed by atoms with Gasteiger partial charge in [0.1, 0.15) is 29.0 Å². The summed E-state index contributed by atoms with van der Waals surface area (Å²) in [5.74, 6) is 4.39. The summed E-state index contributed by atoms with van der Waals surface area (Å²) < 4.78 is 5.63. The van der Waals surface area contributed by atoms with Crippen molar-refractivity contribution in [1.82, 2.24) is 9.97 Å². The maximum Gasteiger partial charge on any atom is 0.138 e. The van der Waals surface area contributed by atoms with Gasteiger partial charge in [-0.15, -0.1) is 0 Å². The molecule has 0 aliphatic heterocycles. The number of furan rings is 1. The fraction of sp³-hybridized carbons (Fsp3) is 0.500. The Labute approximate surface area is 126 Å². The van der Waals surface area contributed by atoms with Gasteiger partial charge in [-0.1, -0.05) is 20.8 Å². The minimum Gasteiger partial charge on any atom is -0.464 e. The van der Waals surface area contributed by atoms with E-state index in [1.807, 2.05) is 39.2 Å². The van der Waals surface area contributed by atoms with Crippen LogP contribution in [0.2, 0.25) is 0 Å². The van der Waals surface area contributed by atoms with Gasteiger partial charge in [0.15, 0.2) is 0 Å². The summed E-state index contributed by atoms with van der Waals surface area (Å²) in [6.07, 6.45) is 0. The van der Waals surface area contributed by atoms with E-state index < -0.39 is 0 Å². The fourth-order valence-corrected chi connectivity index (χ4v) is 1.98. The minimum absolute atomic E-state index is 0.0935. The molecular weight excluding hydrogens is 264 g/mol. The molecule has 2 aromatic rings. The highest BCUT2D eigenvalue weighted by Gasteiger charge is 2.20. The maximum absolute atomic E-state index is 5.63. The van der Waals surface area contributed by atoms with Crippen LogP contribution in [0.5, 0.6) is 0 Å². The monoisotopic (exact) mass is 288 g/mol. The van der Waals surface area contributed by atoms with Crippen LogP contribution in [0.25, 0.3) is 0 Å². The molecule has 2 rings (SSSR count). The average molecular weight is 288 g/mol. The van der Waals surface area contributed by atoms with E-state index in [1.54, 1.807) is 0 Å². The molecule has 2 heterocycles. The van der Waals surface area contributed by atoms with E-state index in [4.69, 9.17) is 4.42 Å². The third-order valence-electron chi connectivity index (χ3n) is 3.22. The van der Waals surface area contributed by atoms with Gasteiger partial charge in [-0.2, -0.15) is 0 Å². The Bertz CT molecular complexity index is 613. The third-order valence-corrected chi connectivity index (χ3v) is 3.22. The van der Waals surface area contributed by atoms with Crippen LogP contribution in [-0.2, 0) is 12.0 Å². The van der Waals surface area contributed by atoms with Crippen molar-refractivity contribution < 1.29 is 4.42 Å². The van der Waals surface area contributed by atoms with E-state index in [0.717, 1.165) is 29.0 Å². The number of hydrogen-bond acceptors (Lipinski definition) is 5. The van der Waals surface area contributed by atoms with Crippen LogP contribution in [0, 0.1) is 6.92 Å². The van der Waals surface area contributed by atoms with Crippen molar-refractivity contribution in [3.05, 3.63) is 35.5 Å². The molecule has 5 nitrogen and oxygen atoms in total. The summed E-state index contributed by atoms with van der Waals surface area (Å²) in [6.45, 7) is 8.97. The first-order valence-corrected chi connectivity index (χ1v) is 7.13. The number of aromatic nitrogens is 2. The molecule has 0 saturated heterocycles. The molecule has 1 N–H and O–H groups in total. The maximum atomic E-state index is 5.63. The Morgan fingerprint density at radius 3 is 2.48 bits per heavy atom. The van der Waals surface area contributed by atoms with E-state index >= 15 is 0 Å². The lowest BCUT2D eigenvalue weighted by Gasteiger charge is -2.22. The number of hydrogen-bond donors (Lipinski definition) is 1. The number of rotatable bonds is 4. The molecule has 114 valence electrons. The SMILES string of the molecule is CNc1cc(N(C)Cc2ccc(C)o2)nc(C(C)(C)C)n1. The summed E-state index contributed by atoms with van der Waals surface area (Å²) in [4.78, 5) is 11.3. The van der Waals surface area contributed by atoms with Gasteiger partial charge < -0.3 is 14.6 Å². The van der Waals surface area contributed by atoms with Gasteiger partial charge in [-0.3, -0.25) is 0 Å². The van der Waals surface area contributed by atoms with Crippen LogP contribution < -0.4 is 10.2 Å². The minimum atomic E-state index is -0.0935. The largest absolute Gasteiger partial charge is 0.464 e. The fourth-order valence-electron chi connectivity index (χ4n) is 1.98. The Morgan fingerprint density at radius 1 is 1.24 bits per heavy atom. The Morgan fingerprint density at radius 2 is 1.95 bits per heavy atom. The van der Waals surface area contributed by atoms with Gasteiger partial charge in [0.05, 0.1) is 6.54 Å². The number of nitrogens with one attached hydrogen (secondary N) is 1. The molecule has 0 spiro atoms. The van der Waals surface area contributed by atoms with Crippen LogP contribution in [0.3, 0.4) is 0 Å². The average Bonchev–Trinajstić information content (AvgIpc) is 2.82. The number of nitrogens with zero attached hydrogens (tertiary/aromatic N) is 3. The van der Waals surface area contributed by atoms with Gasteiger partial charge >= 0.3 is 0 Å². The van der Waals surface area contributed by atoms with Crippen molar-refractivity contribution in [2.45, 2.75) is 39.7 Å². The molecule has 0 aliphatic carbocycles. The van der Waals surface area contributed by atoms with Gasteiger partial charge in [0.2, 0.25) is 0 Å². The zero-order valence-corrected chi connectivity index (χ0v) is 13.7. The lowest BCUT2D eigenvalue weighted by Crippen LogP contribution is -2.22. The lowest BCUT2D eigenvalue weighted by molar-refractivity contribution is 0.480. The molecule has 0 aliphatic rings. The first-order valence-electron chi connectivity index (χ1n) is 7.13. The second-order valence-corrected chi connectivity index (χ2v) is 6.30. The highest BCUT2D eigenvalue weighted by atomic mass is 16.3. The quantitative estimate of drug-likeness (QED) is 0.935. The number of aryl methyl sites for hydroxylation is 1. The van der Waals surface area contributed by atoms with Crippen LogP contribution in [0.4, 0.5) is 11.6 Å². The number of anilines is 2. The van der Waals surface area contributed by atoms with E-state index in [2.05, 4.69) is 41.0 Å². The third kappa shape index (κ3) is 3.74. The Balaban J connectivity index is 2.29. The van der Waals surface area contributed by atoms with E-state index in [0.29, 0.717) is 6.54 Å². The first-order chi connectivity index (χ1) is 9.79. The molecule has 0 bridgehead atoms. The molecule has 21 heavy (non-hydrogen) atoms. The van der Waals surface area contributed by atoms with Crippen LogP contribution >= 0.6 is 0 Å². The van der Waals surface area contributed by atoms with Gasteiger partial charge in [-0.25, -0.2) is 9.97 Å². The highest BCUT2D eigenvalue weighted by Crippen LogP contribution is 2.24. The van der Waals surface area contributed by atoms with E-state index in [9.17, 15) is 0 Å². The van der Waals surface area contributed by atoms with E-state index in [-0.39, 0.29) is 5.41 Å². The first kappa shape index (κ1) is 15.4. The zero-order valence-electron chi connectivity index (χ0n) is 13.7. The molecule has 5 heteroatoms. The molecule has 0 unspecified atom stereocenters. The molecule has 0 fully saturated rings. The van der Waals surface area contributed by atoms with Crippen molar-refractivity contribution in [2.24, 2.45) is 0 Å². The van der Waals surface area contributed by atoms with Crippen molar-refractivity contribution in [3.63, 3.8) is 0 Å². The summed E-state index contributed by atoms with van der Waals surface area (Å²) >= 11 is 0. The Kier molecular flexibility index (Phi) is 4.21. The van der Waals surface area contributed by atoms with Crippen molar-refractivity contribution in [3.8, 4) is 0 Å². The lowest BCUT2D eigenvalue weighted by atomic mass is 9.96. The molecule has 0 aromatic carbocycles. The topological polar surface area (TPSA) is 54.2 Å². The summed E-state index contributed by atoms with van der Waals surface area (Å²) in [7, 11) is 3.88. The second kappa shape index (κ2) is 5.76. The molecule has 0 atom stereocenters. The smallest absolute Gasteiger partial charge is 0.138 e. The van der Waals surface area contributed by atoms with Gasteiger partial charge in [0.25, 0.3) is 0 Å². The predicted octanol–water partition coefficient (Wildman–Crippen LogP) is 3.35. The predicted molar refractivity (Wildman–Crippen MR) is 85.8 cm³/mol. The van der Waals surface area contributed by atoms with Crippen molar-refractivity contribution in [1.29, 1.82) is 0 Å². The van der Waals surface area contributed by atoms with Crippen LogP contribution in [0.1, 0.15) is 38.1 Å². The summed E-state index contributed by atoms with van der Waals surface area (Å²) in [6, 6.07) is 5.92. The van der Waals surface area contributed by atoms with Crippen LogP contribution in [-0.4, -0.2) is 24.1 Å². The van der Waals surface area contributed by atoms with Crippen molar-refractivity contribution >= 4 is 11.6 Å². The molecule has 0 radical (unpaired) electrons. The van der Waals surface area contributed by atoms with Crippen LogP contribution in [0.15, 0.2) is 22.6 Å². The standard InChI is InChI=1S/C16H24N4O/c1-11-7-8-12(21-11)10-20(6)14-9-13(17-5)18-15(19-14)16(2,3)4/h7-9H,10H2,1-6H3,(H,17,18,19). The van der Waals surface area contributed by atoms with Gasteiger partial charge in [-0.05, 0) is 19.1 Å². The molecule has 0 amide bonds. The Hall–Kier alpha value is -2.04. The normalized spacial score (nSPS) is 11.5. The van der Waals surface area contributed by atoms with Gasteiger partial charge in [0, 0.05) is 25.6 Å². The second-order valence-electron chi connectivity index (χ2n) is 6.30. The summed E-state index contributed by atoms with van der Waals surface area (Å²) in [5, 5.41) is 3.10. The highest BCUT2D eigenvalue weighted by molar-refractivity contribution is 5.49. The molecule has 2 aromatic heterocycles. The zero-order chi connectivity index (χ0) is 15.6.